The third kappa shape index (κ3) is 6.72. The maximum Gasteiger partial charge on any atom is 0.230 e. The van der Waals surface area contributed by atoms with Crippen molar-refractivity contribution in [3.05, 3.63) is 164 Å². The van der Waals surface area contributed by atoms with Crippen molar-refractivity contribution in [3.63, 3.8) is 0 Å². The Morgan fingerprint density at radius 3 is 1.11 bits per heavy atom. The van der Waals surface area contributed by atoms with Crippen LogP contribution in [0.15, 0.2) is 164 Å². The van der Waals surface area contributed by atoms with Crippen LogP contribution in [0, 0.1) is 5.41 Å². The van der Waals surface area contributed by atoms with Crippen molar-refractivity contribution in [3.8, 4) is 11.1 Å². The summed E-state index contributed by atoms with van der Waals surface area (Å²) in [5.41, 5.74) is 9.13. The molecule has 0 unspecified atom stereocenters. The monoisotopic (exact) mass is 601 g/mol. The van der Waals surface area contributed by atoms with Crippen LogP contribution in [0.25, 0.3) is 11.1 Å². The van der Waals surface area contributed by atoms with Gasteiger partial charge in [-0.2, -0.15) is 0 Å². The van der Waals surface area contributed by atoms with Gasteiger partial charge in [0.05, 0.1) is 0 Å². The smallest absolute Gasteiger partial charge is 0.230 e. The summed E-state index contributed by atoms with van der Waals surface area (Å²) in [4.78, 5) is 17.2. The Bertz CT molecular complexity index is 1810. The van der Waals surface area contributed by atoms with E-state index in [2.05, 4.69) is 136 Å². The predicted octanol–water partition coefficient (Wildman–Crippen LogP) is 11.7. The fraction of sp³-hybridized carbons (Fsp3) is 0.119. The lowest BCUT2D eigenvalue weighted by Crippen LogP contribution is -2.29. The summed E-state index contributed by atoms with van der Waals surface area (Å²) in [5, 5.41) is 3.07. The first-order valence-electron chi connectivity index (χ1n) is 15.8. The molecule has 0 heterocycles. The normalized spacial score (nSPS) is 11.1. The molecule has 0 fully saturated rings. The lowest BCUT2D eigenvalue weighted by molar-refractivity contribution is -0.124. The van der Waals surface area contributed by atoms with Gasteiger partial charge in [-0.05, 0) is 102 Å². The standard InChI is InChI=1S/C42H39N3O/c1-4-42(2,3)41(46)43-34-24-30-40(31-25-34)45(37-18-12-7-13-19-37)39-28-22-33(23-29-39)32-20-26-38(27-21-32)44(35-14-8-5-9-15-35)36-16-10-6-11-17-36/h5-31H,4H2,1-3H3,(H,43,46). The first-order chi connectivity index (χ1) is 22.4. The third-order valence-electron chi connectivity index (χ3n) is 8.51. The van der Waals surface area contributed by atoms with Gasteiger partial charge >= 0.3 is 0 Å². The van der Waals surface area contributed by atoms with Crippen LogP contribution in [-0.4, -0.2) is 5.91 Å². The van der Waals surface area contributed by atoms with Gasteiger partial charge in [-0.3, -0.25) is 4.79 Å². The van der Waals surface area contributed by atoms with E-state index in [4.69, 9.17) is 0 Å². The molecule has 0 saturated carbocycles. The van der Waals surface area contributed by atoms with Gasteiger partial charge in [-0.1, -0.05) is 99.6 Å². The first kappa shape index (κ1) is 30.4. The molecule has 4 nitrogen and oxygen atoms in total. The molecule has 1 N–H and O–H groups in total. The number of anilines is 7. The number of para-hydroxylation sites is 3. The van der Waals surface area contributed by atoms with Crippen molar-refractivity contribution in [1.29, 1.82) is 0 Å². The number of carbonyl (C=O) groups excluding carboxylic acids is 1. The molecule has 0 bridgehead atoms. The molecule has 0 aliphatic carbocycles. The SMILES string of the molecule is CCC(C)(C)C(=O)Nc1ccc(N(c2ccccc2)c2ccc(-c3ccc(N(c4ccccc4)c4ccccc4)cc3)cc2)cc1. The maximum absolute atomic E-state index is 12.7. The molecule has 0 aliphatic rings. The van der Waals surface area contributed by atoms with E-state index in [0.717, 1.165) is 57.4 Å². The third-order valence-corrected chi connectivity index (χ3v) is 8.51. The number of hydrogen-bond acceptors (Lipinski definition) is 3. The second-order valence-electron chi connectivity index (χ2n) is 12.0. The molecule has 4 heteroatoms. The number of rotatable bonds is 10. The number of amides is 1. The van der Waals surface area contributed by atoms with Gasteiger partial charge in [0, 0.05) is 45.2 Å². The van der Waals surface area contributed by atoms with Crippen molar-refractivity contribution < 1.29 is 4.79 Å². The van der Waals surface area contributed by atoms with Crippen LogP contribution in [0.5, 0.6) is 0 Å². The minimum Gasteiger partial charge on any atom is -0.326 e. The molecule has 1 amide bonds. The Hall–Kier alpha value is -5.61. The van der Waals surface area contributed by atoms with E-state index in [-0.39, 0.29) is 5.91 Å². The van der Waals surface area contributed by atoms with E-state index in [1.54, 1.807) is 0 Å². The van der Waals surface area contributed by atoms with Crippen LogP contribution in [0.3, 0.4) is 0 Å². The molecule has 6 aromatic carbocycles. The molecule has 228 valence electrons. The molecule has 6 aromatic rings. The van der Waals surface area contributed by atoms with Crippen LogP contribution < -0.4 is 15.1 Å². The average molecular weight is 602 g/mol. The molecule has 0 aromatic heterocycles. The van der Waals surface area contributed by atoms with E-state index >= 15 is 0 Å². The number of nitrogens with zero attached hydrogens (tertiary/aromatic N) is 2. The molecular weight excluding hydrogens is 562 g/mol. The number of carbonyl (C=O) groups is 1. The van der Waals surface area contributed by atoms with Crippen LogP contribution >= 0.6 is 0 Å². The summed E-state index contributed by atoms with van der Waals surface area (Å²) < 4.78 is 0. The van der Waals surface area contributed by atoms with Crippen LogP contribution in [0.2, 0.25) is 0 Å². The highest BCUT2D eigenvalue weighted by Crippen LogP contribution is 2.38. The molecule has 0 aliphatic heterocycles. The van der Waals surface area contributed by atoms with Crippen LogP contribution in [0.4, 0.5) is 39.8 Å². The van der Waals surface area contributed by atoms with E-state index in [1.165, 1.54) is 0 Å². The minimum atomic E-state index is -0.417. The topological polar surface area (TPSA) is 35.6 Å². The number of hydrogen-bond donors (Lipinski definition) is 1. The Balaban J connectivity index is 1.26. The maximum atomic E-state index is 12.7. The lowest BCUT2D eigenvalue weighted by atomic mass is 9.89. The number of benzene rings is 6. The summed E-state index contributed by atoms with van der Waals surface area (Å²) in [5.74, 6) is 0.0270. The molecule has 0 saturated heterocycles. The highest BCUT2D eigenvalue weighted by atomic mass is 16.2. The zero-order chi connectivity index (χ0) is 31.9. The molecule has 46 heavy (non-hydrogen) atoms. The van der Waals surface area contributed by atoms with Gasteiger partial charge in [0.25, 0.3) is 0 Å². The molecule has 6 rings (SSSR count). The predicted molar refractivity (Wildman–Crippen MR) is 194 cm³/mol. The highest BCUT2D eigenvalue weighted by Gasteiger charge is 2.25. The van der Waals surface area contributed by atoms with E-state index < -0.39 is 5.41 Å². The summed E-state index contributed by atoms with van der Waals surface area (Å²) in [7, 11) is 0. The largest absolute Gasteiger partial charge is 0.326 e. The van der Waals surface area contributed by atoms with Gasteiger partial charge < -0.3 is 15.1 Å². The van der Waals surface area contributed by atoms with Gasteiger partial charge in [0.15, 0.2) is 0 Å². The van der Waals surface area contributed by atoms with Crippen LogP contribution in [-0.2, 0) is 4.79 Å². The molecule has 0 radical (unpaired) electrons. The molecule has 0 atom stereocenters. The van der Waals surface area contributed by atoms with Crippen molar-refractivity contribution >= 4 is 45.7 Å². The Morgan fingerprint density at radius 2 is 0.783 bits per heavy atom. The van der Waals surface area contributed by atoms with Crippen molar-refractivity contribution in [2.24, 2.45) is 5.41 Å². The Morgan fingerprint density at radius 1 is 0.478 bits per heavy atom. The fourth-order valence-corrected chi connectivity index (χ4v) is 5.39. The summed E-state index contributed by atoms with van der Waals surface area (Å²) in [6.07, 6.45) is 0.776. The average Bonchev–Trinajstić information content (AvgIpc) is 3.11. The van der Waals surface area contributed by atoms with Crippen LogP contribution in [0.1, 0.15) is 27.2 Å². The summed E-state index contributed by atoms with van der Waals surface area (Å²) in [6.45, 7) is 5.97. The highest BCUT2D eigenvalue weighted by molar-refractivity contribution is 5.95. The Labute approximate surface area is 272 Å². The van der Waals surface area contributed by atoms with E-state index in [1.807, 2.05) is 63.2 Å². The second-order valence-corrected chi connectivity index (χ2v) is 12.0. The zero-order valence-corrected chi connectivity index (χ0v) is 26.6. The fourth-order valence-electron chi connectivity index (χ4n) is 5.39. The molecule has 0 spiro atoms. The summed E-state index contributed by atoms with van der Waals surface area (Å²) in [6, 6.07) is 56.7. The molecular formula is C42H39N3O. The summed E-state index contributed by atoms with van der Waals surface area (Å²) >= 11 is 0. The van der Waals surface area contributed by atoms with E-state index in [0.29, 0.717) is 0 Å². The van der Waals surface area contributed by atoms with Gasteiger partial charge in [0.2, 0.25) is 5.91 Å². The second kappa shape index (κ2) is 13.6. The van der Waals surface area contributed by atoms with E-state index in [9.17, 15) is 4.79 Å². The van der Waals surface area contributed by atoms with Gasteiger partial charge in [0.1, 0.15) is 0 Å². The van der Waals surface area contributed by atoms with Gasteiger partial charge in [-0.25, -0.2) is 0 Å². The first-order valence-corrected chi connectivity index (χ1v) is 15.8. The number of nitrogens with one attached hydrogen (secondary N) is 1. The quantitative estimate of drug-likeness (QED) is 0.170. The zero-order valence-electron chi connectivity index (χ0n) is 26.6. The van der Waals surface area contributed by atoms with Crippen molar-refractivity contribution in [2.75, 3.05) is 15.1 Å². The van der Waals surface area contributed by atoms with Crippen molar-refractivity contribution in [1.82, 2.24) is 0 Å². The minimum absolute atomic E-state index is 0.0270. The lowest BCUT2D eigenvalue weighted by Gasteiger charge is -2.26. The Kier molecular flexibility index (Phi) is 8.98. The van der Waals surface area contributed by atoms with Gasteiger partial charge in [-0.15, -0.1) is 0 Å². The van der Waals surface area contributed by atoms with Crippen molar-refractivity contribution in [2.45, 2.75) is 27.2 Å².